The first-order valence-corrected chi connectivity index (χ1v) is 13.6. The van der Waals surface area contributed by atoms with Gasteiger partial charge in [0.1, 0.15) is 5.82 Å². The molecule has 1 saturated carbocycles. The summed E-state index contributed by atoms with van der Waals surface area (Å²) in [6.45, 7) is 3.79. The Balaban J connectivity index is 1.21. The van der Waals surface area contributed by atoms with E-state index in [0.717, 1.165) is 29.2 Å². The van der Waals surface area contributed by atoms with E-state index in [1.165, 1.54) is 12.1 Å². The number of sulfonamides is 1. The highest BCUT2D eigenvalue weighted by Gasteiger charge is 2.34. The fourth-order valence-electron chi connectivity index (χ4n) is 4.68. The van der Waals surface area contributed by atoms with Gasteiger partial charge < -0.3 is 4.90 Å². The third-order valence-electron chi connectivity index (χ3n) is 6.91. The summed E-state index contributed by atoms with van der Waals surface area (Å²) in [5.74, 6) is -0.0187. The largest absolute Gasteiger partial charge is 0.337 e. The second-order valence-electron chi connectivity index (χ2n) is 9.38. The van der Waals surface area contributed by atoms with Crippen LogP contribution in [0.4, 0.5) is 4.39 Å². The van der Waals surface area contributed by atoms with Crippen LogP contribution in [-0.2, 0) is 21.4 Å². The Morgan fingerprint density at radius 1 is 0.914 bits per heavy atom. The summed E-state index contributed by atoms with van der Waals surface area (Å²) in [5, 5.41) is 1.65. The summed E-state index contributed by atoms with van der Waals surface area (Å²) in [6.07, 6.45) is 1.87. The molecule has 0 bridgehead atoms. The van der Waals surface area contributed by atoms with Crippen molar-refractivity contribution in [1.82, 2.24) is 14.1 Å². The third-order valence-corrected chi connectivity index (χ3v) is 8.87. The number of benzene rings is 3. The average molecular weight is 496 g/mol. The predicted octanol–water partition coefficient (Wildman–Crippen LogP) is 3.72. The zero-order valence-electron chi connectivity index (χ0n) is 19.6. The Labute approximate surface area is 206 Å². The predicted molar refractivity (Wildman–Crippen MR) is 134 cm³/mol. The number of carbonyl (C=O) groups excluding carboxylic acids is 1. The van der Waals surface area contributed by atoms with Gasteiger partial charge in [0, 0.05) is 57.1 Å². The second kappa shape index (κ2) is 10.0. The summed E-state index contributed by atoms with van der Waals surface area (Å²) in [4.78, 5) is 17.3. The fraction of sp³-hybridized carbons (Fsp3) is 0.370. The first-order valence-electron chi connectivity index (χ1n) is 12.2. The highest BCUT2D eigenvalue weighted by atomic mass is 32.2. The van der Waals surface area contributed by atoms with E-state index in [1.54, 1.807) is 28.6 Å². The van der Waals surface area contributed by atoms with Crippen LogP contribution in [0.15, 0.2) is 71.6 Å². The molecule has 3 aromatic carbocycles. The van der Waals surface area contributed by atoms with Crippen LogP contribution in [0.2, 0.25) is 0 Å². The normalized spacial score (nSPS) is 17.5. The van der Waals surface area contributed by atoms with Crippen LogP contribution in [0.1, 0.15) is 18.4 Å². The summed E-state index contributed by atoms with van der Waals surface area (Å²) < 4.78 is 41.6. The number of rotatable bonds is 8. The summed E-state index contributed by atoms with van der Waals surface area (Å²) >= 11 is 0. The van der Waals surface area contributed by atoms with Gasteiger partial charge in [-0.2, -0.15) is 4.31 Å². The zero-order chi connectivity index (χ0) is 24.4. The molecule has 3 aromatic rings. The molecule has 184 valence electrons. The molecule has 8 heteroatoms. The topological polar surface area (TPSA) is 60.9 Å². The van der Waals surface area contributed by atoms with Crippen molar-refractivity contribution in [2.75, 3.05) is 39.3 Å². The van der Waals surface area contributed by atoms with Gasteiger partial charge >= 0.3 is 0 Å². The Morgan fingerprint density at radius 2 is 1.60 bits per heavy atom. The van der Waals surface area contributed by atoms with E-state index in [0.29, 0.717) is 50.7 Å². The van der Waals surface area contributed by atoms with Gasteiger partial charge in [0.05, 0.1) is 4.90 Å². The number of halogens is 1. The number of carbonyl (C=O) groups is 1. The van der Waals surface area contributed by atoms with Gasteiger partial charge in [-0.1, -0.05) is 48.5 Å². The highest BCUT2D eigenvalue weighted by Crippen LogP contribution is 2.31. The number of nitrogens with zero attached hydrogens (tertiary/aromatic N) is 3. The van der Waals surface area contributed by atoms with Crippen molar-refractivity contribution in [3.8, 4) is 0 Å². The summed E-state index contributed by atoms with van der Waals surface area (Å²) in [6, 6.07) is 19.2. The van der Waals surface area contributed by atoms with Crippen LogP contribution in [0.5, 0.6) is 0 Å². The van der Waals surface area contributed by atoms with Crippen LogP contribution in [0.3, 0.4) is 0 Å². The molecular formula is C27H30FN3O3S. The smallest absolute Gasteiger partial charge is 0.243 e. The lowest BCUT2D eigenvalue weighted by Gasteiger charge is -2.35. The van der Waals surface area contributed by atoms with Crippen molar-refractivity contribution < 1.29 is 17.6 Å². The fourth-order valence-corrected chi connectivity index (χ4v) is 6.32. The van der Waals surface area contributed by atoms with Crippen molar-refractivity contribution in [3.05, 3.63) is 78.1 Å². The Kier molecular flexibility index (Phi) is 6.86. The van der Waals surface area contributed by atoms with E-state index < -0.39 is 10.0 Å². The van der Waals surface area contributed by atoms with Gasteiger partial charge in [-0.15, -0.1) is 0 Å². The molecule has 1 aliphatic carbocycles. The van der Waals surface area contributed by atoms with Crippen LogP contribution in [0.25, 0.3) is 10.8 Å². The minimum absolute atomic E-state index is 0.109. The van der Waals surface area contributed by atoms with E-state index in [9.17, 15) is 17.6 Å². The Morgan fingerprint density at radius 3 is 2.31 bits per heavy atom. The van der Waals surface area contributed by atoms with Crippen molar-refractivity contribution in [2.45, 2.75) is 24.3 Å². The number of amides is 1. The molecule has 1 amide bonds. The van der Waals surface area contributed by atoms with Crippen molar-refractivity contribution in [2.24, 2.45) is 5.92 Å². The lowest BCUT2D eigenvalue weighted by molar-refractivity contribution is -0.133. The molecule has 0 radical (unpaired) electrons. The molecule has 6 nitrogen and oxygen atoms in total. The van der Waals surface area contributed by atoms with Crippen LogP contribution < -0.4 is 0 Å². The summed E-state index contributed by atoms with van der Waals surface area (Å²) in [5.41, 5.74) is 0.909. The van der Waals surface area contributed by atoms with Gasteiger partial charge in [0.15, 0.2) is 0 Å². The molecule has 2 aliphatic rings. The molecule has 2 fully saturated rings. The quantitative estimate of drug-likeness (QED) is 0.478. The first-order chi connectivity index (χ1) is 16.9. The molecule has 5 rings (SSSR count). The molecule has 0 N–H and O–H groups in total. The maximum Gasteiger partial charge on any atom is 0.243 e. The van der Waals surface area contributed by atoms with Crippen molar-refractivity contribution in [3.63, 3.8) is 0 Å². The maximum atomic E-state index is 13.4. The standard InChI is InChI=1S/C27H30FN3O3S/c28-24-12-8-21(9-13-24)20-30(27(32)23-10-11-23)17-14-29-15-18-31(19-16-29)35(33,34)26-7-3-5-22-4-1-2-6-25(22)26/h1-9,12-13,23H,10-11,14-20H2. The van der Waals surface area contributed by atoms with Crippen LogP contribution >= 0.6 is 0 Å². The molecule has 0 spiro atoms. The first kappa shape index (κ1) is 23.9. The van der Waals surface area contributed by atoms with Crippen LogP contribution in [-0.4, -0.2) is 67.7 Å². The average Bonchev–Trinajstić information content (AvgIpc) is 3.73. The second-order valence-corrected chi connectivity index (χ2v) is 11.3. The van der Waals surface area contributed by atoms with E-state index in [-0.39, 0.29) is 17.6 Å². The van der Waals surface area contributed by atoms with Gasteiger partial charge in [-0.25, -0.2) is 12.8 Å². The monoisotopic (exact) mass is 495 g/mol. The molecule has 1 aliphatic heterocycles. The Hall–Kier alpha value is -2.81. The van der Waals surface area contributed by atoms with Gasteiger partial charge in [-0.3, -0.25) is 9.69 Å². The molecule has 0 atom stereocenters. The van der Waals surface area contributed by atoms with Gasteiger partial charge in [0.2, 0.25) is 15.9 Å². The summed E-state index contributed by atoms with van der Waals surface area (Å²) in [7, 11) is -3.59. The molecular weight excluding hydrogens is 465 g/mol. The van der Waals surface area contributed by atoms with E-state index >= 15 is 0 Å². The minimum atomic E-state index is -3.59. The lowest BCUT2D eigenvalue weighted by Crippen LogP contribution is -2.50. The number of fused-ring (bicyclic) bond motifs is 1. The Bertz CT molecular complexity index is 1300. The third kappa shape index (κ3) is 5.39. The van der Waals surface area contributed by atoms with Crippen LogP contribution in [0, 0.1) is 11.7 Å². The molecule has 1 saturated heterocycles. The molecule has 0 aromatic heterocycles. The maximum absolute atomic E-state index is 13.4. The zero-order valence-corrected chi connectivity index (χ0v) is 20.5. The van der Waals surface area contributed by atoms with E-state index in [1.807, 2.05) is 35.2 Å². The SMILES string of the molecule is O=C(C1CC1)N(CCN1CCN(S(=O)(=O)c2cccc3ccccc23)CC1)Cc1ccc(F)cc1. The van der Waals surface area contributed by atoms with Gasteiger partial charge in [0.25, 0.3) is 0 Å². The minimum Gasteiger partial charge on any atom is -0.337 e. The van der Waals surface area contributed by atoms with E-state index in [4.69, 9.17) is 0 Å². The highest BCUT2D eigenvalue weighted by molar-refractivity contribution is 7.89. The number of hydrogen-bond acceptors (Lipinski definition) is 4. The molecule has 1 heterocycles. The van der Waals surface area contributed by atoms with Crippen molar-refractivity contribution in [1.29, 1.82) is 0 Å². The number of hydrogen-bond donors (Lipinski definition) is 0. The van der Waals surface area contributed by atoms with Crippen molar-refractivity contribution >= 4 is 26.7 Å². The lowest BCUT2D eigenvalue weighted by atomic mass is 10.1. The molecule has 35 heavy (non-hydrogen) atoms. The van der Waals surface area contributed by atoms with E-state index in [2.05, 4.69) is 4.90 Å². The number of piperazine rings is 1. The van der Waals surface area contributed by atoms with Gasteiger partial charge in [-0.05, 0) is 42.0 Å². The molecule has 0 unspecified atom stereocenters.